The molecule has 2 aromatic carbocycles. The molecule has 0 amide bonds. The second-order valence-electron chi connectivity index (χ2n) is 4.42. The van der Waals surface area contributed by atoms with Gasteiger partial charge in [0.25, 0.3) is 0 Å². The van der Waals surface area contributed by atoms with Crippen molar-refractivity contribution in [2.45, 2.75) is 39.5 Å². The second kappa shape index (κ2) is 5.16. The molecule has 0 N–H and O–H groups in total. The lowest BCUT2D eigenvalue weighted by molar-refractivity contribution is 0.868. The summed E-state index contributed by atoms with van der Waals surface area (Å²) in [7, 11) is 0. The molecule has 0 aromatic heterocycles. The Morgan fingerprint density at radius 1 is 0.812 bits per heavy atom. The van der Waals surface area contributed by atoms with Crippen LogP contribution in [0.25, 0.3) is 10.8 Å². The molecule has 0 spiro atoms. The summed E-state index contributed by atoms with van der Waals surface area (Å²) in [5.41, 5.74) is 3.12. The molecular formula is C16H20. The molecule has 0 fully saturated rings. The van der Waals surface area contributed by atoms with Crippen molar-refractivity contribution in [3.8, 4) is 0 Å². The standard InChI is InChI=1S/C16H20/c1-3-7-13-11-12-14-9-5-6-10-16(14)15(13)8-4-2/h5-6,9-12H,3-4,7-8H2,1-2H3. The van der Waals surface area contributed by atoms with Crippen molar-refractivity contribution in [3.63, 3.8) is 0 Å². The summed E-state index contributed by atoms with van der Waals surface area (Å²) < 4.78 is 0. The van der Waals surface area contributed by atoms with Gasteiger partial charge in [-0.2, -0.15) is 0 Å². The monoisotopic (exact) mass is 212 g/mol. The summed E-state index contributed by atoms with van der Waals surface area (Å²) in [4.78, 5) is 0. The van der Waals surface area contributed by atoms with E-state index in [-0.39, 0.29) is 0 Å². The van der Waals surface area contributed by atoms with E-state index in [4.69, 9.17) is 0 Å². The van der Waals surface area contributed by atoms with E-state index in [2.05, 4.69) is 50.2 Å². The number of rotatable bonds is 4. The lowest BCUT2D eigenvalue weighted by atomic mass is 9.93. The van der Waals surface area contributed by atoms with Gasteiger partial charge in [0, 0.05) is 0 Å². The van der Waals surface area contributed by atoms with Crippen LogP contribution < -0.4 is 0 Å². The van der Waals surface area contributed by atoms with Crippen molar-refractivity contribution in [1.29, 1.82) is 0 Å². The van der Waals surface area contributed by atoms with Gasteiger partial charge in [-0.1, -0.05) is 63.1 Å². The zero-order valence-electron chi connectivity index (χ0n) is 10.3. The van der Waals surface area contributed by atoms with Gasteiger partial charge in [-0.25, -0.2) is 0 Å². The number of fused-ring (bicyclic) bond motifs is 1. The van der Waals surface area contributed by atoms with E-state index in [1.54, 1.807) is 11.1 Å². The zero-order chi connectivity index (χ0) is 11.4. The van der Waals surface area contributed by atoms with Crippen molar-refractivity contribution >= 4 is 10.8 Å². The molecule has 0 heterocycles. The summed E-state index contributed by atoms with van der Waals surface area (Å²) in [6.45, 7) is 4.52. The van der Waals surface area contributed by atoms with Crippen LogP contribution in [0, 0.1) is 0 Å². The minimum Gasteiger partial charge on any atom is -0.0651 e. The van der Waals surface area contributed by atoms with E-state index in [1.807, 2.05) is 0 Å². The largest absolute Gasteiger partial charge is 0.0651 e. The highest BCUT2D eigenvalue weighted by molar-refractivity contribution is 5.86. The maximum atomic E-state index is 2.32. The number of aryl methyl sites for hydroxylation is 2. The molecule has 0 unspecified atom stereocenters. The highest BCUT2D eigenvalue weighted by Gasteiger charge is 2.05. The molecule has 0 nitrogen and oxygen atoms in total. The number of hydrogen-bond acceptors (Lipinski definition) is 0. The minimum atomic E-state index is 1.21. The maximum Gasteiger partial charge on any atom is -0.0149 e. The Morgan fingerprint density at radius 2 is 1.56 bits per heavy atom. The van der Waals surface area contributed by atoms with Crippen molar-refractivity contribution in [1.82, 2.24) is 0 Å². The Balaban J connectivity index is 2.58. The Kier molecular flexibility index (Phi) is 3.61. The SMILES string of the molecule is CCCc1ccc2ccccc2c1CCC. The van der Waals surface area contributed by atoms with Crippen molar-refractivity contribution < 1.29 is 0 Å². The topological polar surface area (TPSA) is 0 Å². The van der Waals surface area contributed by atoms with E-state index in [1.165, 1.54) is 36.5 Å². The molecule has 84 valence electrons. The normalized spacial score (nSPS) is 10.9. The molecule has 0 aliphatic rings. The highest BCUT2D eigenvalue weighted by Crippen LogP contribution is 2.24. The first-order valence-corrected chi connectivity index (χ1v) is 6.36. The van der Waals surface area contributed by atoms with Gasteiger partial charge in [0.15, 0.2) is 0 Å². The first-order valence-electron chi connectivity index (χ1n) is 6.36. The average molecular weight is 212 g/mol. The summed E-state index contributed by atoms with van der Waals surface area (Å²) in [5, 5.41) is 2.83. The first-order chi connectivity index (χ1) is 7.86. The Labute approximate surface area is 98.3 Å². The van der Waals surface area contributed by atoms with Crippen LogP contribution in [0.2, 0.25) is 0 Å². The van der Waals surface area contributed by atoms with Crippen LogP contribution >= 0.6 is 0 Å². The van der Waals surface area contributed by atoms with Gasteiger partial charge in [0.05, 0.1) is 0 Å². The van der Waals surface area contributed by atoms with Crippen molar-refractivity contribution in [3.05, 3.63) is 47.5 Å². The summed E-state index contributed by atoms with van der Waals surface area (Å²) >= 11 is 0. The molecular weight excluding hydrogens is 192 g/mol. The minimum absolute atomic E-state index is 1.21. The third-order valence-electron chi connectivity index (χ3n) is 3.16. The fourth-order valence-electron chi connectivity index (χ4n) is 2.43. The molecule has 0 aliphatic carbocycles. The molecule has 0 saturated heterocycles. The third-order valence-corrected chi connectivity index (χ3v) is 3.16. The fourth-order valence-corrected chi connectivity index (χ4v) is 2.43. The number of benzene rings is 2. The van der Waals surface area contributed by atoms with Gasteiger partial charge in [0.1, 0.15) is 0 Å². The molecule has 2 aromatic rings. The van der Waals surface area contributed by atoms with Crippen molar-refractivity contribution in [2.24, 2.45) is 0 Å². The molecule has 2 rings (SSSR count). The Bertz CT molecular complexity index is 468. The molecule has 0 aliphatic heterocycles. The fraction of sp³-hybridized carbons (Fsp3) is 0.375. The van der Waals surface area contributed by atoms with Gasteiger partial charge in [-0.3, -0.25) is 0 Å². The Morgan fingerprint density at radius 3 is 2.31 bits per heavy atom. The van der Waals surface area contributed by atoms with E-state index in [0.717, 1.165) is 0 Å². The van der Waals surface area contributed by atoms with E-state index < -0.39 is 0 Å². The van der Waals surface area contributed by atoms with Gasteiger partial charge in [-0.15, -0.1) is 0 Å². The molecule has 16 heavy (non-hydrogen) atoms. The van der Waals surface area contributed by atoms with Crippen LogP contribution in [0.5, 0.6) is 0 Å². The van der Waals surface area contributed by atoms with Crippen LogP contribution in [0.15, 0.2) is 36.4 Å². The maximum absolute atomic E-state index is 2.32. The molecule has 0 atom stereocenters. The summed E-state index contributed by atoms with van der Waals surface area (Å²) in [5.74, 6) is 0. The smallest absolute Gasteiger partial charge is 0.0149 e. The van der Waals surface area contributed by atoms with E-state index >= 15 is 0 Å². The third kappa shape index (κ3) is 2.11. The van der Waals surface area contributed by atoms with E-state index in [9.17, 15) is 0 Å². The highest BCUT2D eigenvalue weighted by atomic mass is 14.1. The quantitative estimate of drug-likeness (QED) is 0.686. The van der Waals surface area contributed by atoms with Gasteiger partial charge in [-0.05, 0) is 34.7 Å². The van der Waals surface area contributed by atoms with Crippen LogP contribution in [-0.2, 0) is 12.8 Å². The second-order valence-corrected chi connectivity index (χ2v) is 4.42. The van der Waals surface area contributed by atoms with Crippen LogP contribution in [-0.4, -0.2) is 0 Å². The zero-order valence-corrected chi connectivity index (χ0v) is 10.3. The summed E-state index contributed by atoms with van der Waals surface area (Å²) in [6.07, 6.45) is 4.87. The molecule has 0 heteroatoms. The van der Waals surface area contributed by atoms with Crippen LogP contribution in [0.1, 0.15) is 37.8 Å². The van der Waals surface area contributed by atoms with Gasteiger partial charge >= 0.3 is 0 Å². The predicted molar refractivity (Wildman–Crippen MR) is 71.9 cm³/mol. The number of hydrogen-bond donors (Lipinski definition) is 0. The molecule has 0 radical (unpaired) electrons. The predicted octanol–water partition coefficient (Wildman–Crippen LogP) is 4.74. The van der Waals surface area contributed by atoms with Gasteiger partial charge in [0.2, 0.25) is 0 Å². The van der Waals surface area contributed by atoms with E-state index in [0.29, 0.717) is 0 Å². The lowest BCUT2D eigenvalue weighted by Gasteiger charge is -2.11. The van der Waals surface area contributed by atoms with Crippen LogP contribution in [0.3, 0.4) is 0 Å². The van der Waals surface area contributed by atoms with Crippen molar-refractivity contribution in [2.75, 3.05) is 0 Å². The molecule has 0 saturated carbocycles. The first kappa shape index (κ1) is 11.2. The molecule has 0 bridgehead atoms. The summed E-state index contributed by atoms with van der Waals surface area (Å²) in [6, 6.07) is 13.3. The van der Waals surface area contributed by atoms with Gasteiger partial charge < -0.3 is 0 Å². The van der Waals surface area contributed by atoms with Crippen LogP contribution in [0.4, 0.5) is 0 Å². The lowest BCUT2D eigenvalue weighted by Crippen LogP contribution is -1.95. The average Bonchev–Trinajstić information content (AvgIpc) is 2.32. The Hall–Kier alpha value is -1.30.